The number of amides is 3. The van der Waals surface area contributed by atoms with Crippen molar-refractivity contribution in [1.82, 2.24) is 10.2 Å². The molecule has 1 aliphatic heterocycles. The minimum absolute atomic E-state index is 0.128. The van der Waals surface area contributed by atoms with Gasteiger partial charge in [-0.25, -0.2) is 0 Å². The Morgan fingerprint density at radius 3 is 2.50 bits per heavy atom. The molecule has 0 aromatic heterocycles. The molecule has 0 unspecified atom stereocenters. The molecule has 0 radical (unpaired) electrons. The second-order valence-electron chi connectivity index (χ2n) is 5.69. The van der Waals surface area contributed by atoms with Gasteiger partial charge in [-0.15, -0.1) is 6.58 Å². The molecule has 26 heavy (non-hydrogen) atoms. The summed E-state index contributed by atoms with van der Waals surface area (Å²) in [4.78, 5) is 38.0. The van der Waals surface area contributed by atoms with E-state index in [1.54, 1.807) is 18.2 Å². The third-order valence-corrected chi connectivity index (χ3v) is 4.59. The first-order chi connectivity index (χ1) is 12.4. The smallest absolute Gasteiger partial charge is 0.261 e. The summed E-state index contributed by atoms with van der Waals surface area (Å²) in [6.45, 7) is 3.88. The van der Waals surface area contributed by atoms with E-state index < -0.39 is 5.91 Å². The Balaban J connectivity index is 1.77. The van der Waals surface area contributed by atoms with E-state index in [-0.39, 0.29) is 41.6 Å². The molecule has 132 valence electrons. The largest absolute Gasteiger partial charge is 0.348 e. The number of benzene rings is 2. The molecule has 0 saturated heterocycles. The Morgan fingerprint density at radius 1 is 1.08 bits per heavy atom. The molecular weight excluding hydrogens is 375 g/mol. The molecule has 7 heteroatoms. The minimum Gasteiger partial charge on any atom is -0.348 e. The quantitative estimate of drug-likeness (QED) is 0.626. The maximum Gasteiger partial charge on any atom is 0.261 e. The van der Waals surface area contributed by atoms with E-state index >= 15 is 0 Å². The van der Waals surface area contributed by atoms with Crippen LogP contribution in [0, 0.1) is 0 Å². The van der Waals surface area contributed by atoms with E-state index in [1.165, 1.54) is 24.3 Å². The van der Waals surface area contributed by atoms with Crippen LogP contribution in [0.3, 0.4) is 0 Å². The monoisotopic (exact) mass is 388 g/mol. The number of halogens is 2. The Bertz CT molecular complexity index is 940. The highest BCUT2D eigenvalue weighted by Crippen LogP contribution is 2.24. The first-order valence-corrected chi connectivity index (χ1v) is 8.51. The fourth-order valence-electron chi connectivity index (χ4n) is 2.67. The van der Waals surface area contributed by atoms with Gasteiger partial charge in [0.15, 0.2) is 0 Å². The predicted molar refractivity (Wildman–Crippen MR) is 99.6 cm³/mol. The summed E-state index contributed by atoms with van der Waals surface area (Å²) < 4.78 is 0. The Kier molecular flexibility index (Phi) is 5.11. The zero-order chi connectivity index (χ0) is 18.8. The van der Waals surface area contributed by atoms with Gasteiger partial charge in [-0.2, -0.15) is 0 Å². The number of rotatable bonds is 5. The second kappa shape index (κ2) is 7.32. The lowest BCUT2D eigenvalue weighted by molar-refractivity contribution is 0.0672. The average molecular weight is 389 g/mol. The van der Waals surface area contributed by atoms with Crippen molar-refractivity contribution in [3.8, 4) is 0 Å². The van der Waals surface area contributed by atoms with E-state index in [0.717, 1.165) is 4.90 Å². The van der Waals surface area contributed by atoms with Crippen molar-refractivity contribution in [1.29, 1.82) is 0 Å². The molecule has 5 nitrogen and oxygen atoms in total. The highest BCUT2D eigenvalue weighted by Gasteiger charge is 2.35. The van der Waals surface area contributed by atoms with E-state index in [1.807, 2.05) is 0 Å². The highest BCUT2D eigenvalue weighted by molar-refractivity contribution is 6.35. The minimum atomic E-state index is -0.430. The summed E-state index contributed by atoms with van der Waals surface area (Å²) in [6, 6.07) is 9.44. The summed E-state index contributed by atoms with van der Waals surface area (Å²) in [7, 11) is 0. The van der Waals surface area contributed by atoms with Gasteiger partial charge < -0.3 is 5.32 Å². The number of carbonyl (C=O) groups is 3. The topological polar surface area (TPSA) is 66.5 Å². The molecule has 0 aliphatic carbocycles. The third-order valence-electron chi connectivity index (χ3n) is 4.00. The molecule has 1 heterocycles. The molecule has 0 spiro atoms. The normalized spacial score (nSPS) is 12.9. The number of carbonyl (C=O) groups excluding carboxylic acids is 3. The van der Waals surface area contributed by atoms with Crippen molar-refractivity contribution in [2.24, 2.45) is 0 Å². The standard InChI is InChI=1S/C19H14Cl2N2O3/c1-2-7-23-18(25)14-6-4-11(8-15(14)19(23)26)17(24)22-10-12-3-5-13(20)9-16(12)21/h2-6,8-9H,1,7,10H2,(H,22,24). The Morgan fingerprint density at radius 2 is 1.81 bits per heavy atom. The maximum atomic E-state index is 12.4. The molecule has 0 atom stereocenters. The van der Waals surface area contributed by atoms with Gasteiger partial charge in [-0.3, -0.25) is 19.3 Å². The van der Waals surface area contributed by atoms with E-state index in [2.05, 4.69) is 11.9 Å². The van der Waals surface area contributed by atoms with Crippen LogP contribution in [0.5, 0.6) is 0 Å². The SMILES string of the molecule is C=CCN1C(=O)c2ccc(C(=O)NCc3ccc(Cl)cc3Cl)cc2C1=O. The van der Waals surface area contributed by atoms with E-state index in [4.69, 9.17) is 23.2 Å². The zero-order valence-corrected chi connectivity index (χ0v) is 15.1. The number of fused-ring (bicyclic) bond motifs is 1. The number of nitrogens with zero attached hydrogens (tertiary/aromatic N) is 1. The first kappa shape index (κ1) is 18.2. The lowest BCUT2D eigenvalue weighted by atomic mass is 10.1. The lowest BCUT2D eigenvalue weighted by Crippen LogP contribution is -2.29. The van der Waals surface area contributed by atoms with Crippen LogP contribution >= 0.6 is 23.2 Å². The molecular formula is C19H14Cl2N2O3. The van der Waals surface area contributed by atoms with Crippen LogP contribution < -0.4 is 5.32 Å². The van der Waals surface area contributed by atoms with Crippen molar-refractivity contribution >= 4 is 40.9 Å². The molecule has 1 aliphatic rings. The molecule has 0 bridgehead atoms. The molecule has 3 rings (SSSR count). The van der Waals surface area contributed by atoms with Crippen molar-refractivity contribution in [2.45, 2.75) is 6.54 Å². The van der Waals surface area contributed by atoms with Crippen LogP contribution in [0.2, 0.25) is 10.0 Å². The summed E-state index contributed by atoms with van der Waals surface area (Å²) in [5.41, 5.74) is 1.51. The summed E-state index contributed by atoms with van der Waals surface area (Å²) in [5.74, 6) is -1.19. The number of hydrogen-bond acceptors (Lipinski definition) is 3. The van der Waals surface area contributed by atoms with E-state index in [0.29, 0.717) is 15.6 Å². The van der Waals surface area contributed by atoms with Gasteiger partial charge >= 0.3 is 0 Å². The van der Waals surface area contributed by atoms with Crippen LogP contribution in [-0.4, -0.2) is 29.2 Å². The first-order valence-electron chi connectivity index (χ1n) is 7.75. The maximum absolute atomic E-state index is 12.4. The van der Waals surface area contributed by atoms with Gasteiger partial charge in [-0.05, 0) is 35.9 Å². The molecule has 2 aromatic carbocycles. The summed E-state index contributed by atoms with van der Waals surface area (Å²) in [6.07, 6.45) is 1.48. The molecule has 3 amide bonds. The van der Waals surface area contributed by atoms with Crippen LogP contribution in [-0.2, 0) is 6.54 Å². The van der Waals surface area contributed by atoms with Gasteiger partial charge in [0.2, 0.25) is 0 Å². The third kappa shape index (κ3) is 3.36. The number of hydrogen-bond donors (Lipinski definition) is 1. The van der Waals surface area contributed by atoms with Crippen LogP contribution in [0.4, 0.5) is 0 Å². The van der Waals surface area contributed by atoms with Crippen molar-refractivity contribution in [2.75, 3.05) is 6.54 Å². The zero-order valence-electron chi connectivity index (χ0n) is 13.6. The summed E-state index contributed by atoms with van der Waals surface area (Å²) >= 11 is 11.9. The van der Waals surface area contributed by atoms with Gasteiger partial charge in [0.05, 0.1) is 11.1 Å². The van der Waals surface area contributed by atoms with Crippen molar-refractivity contribution in [3.63, 3.8) is 0 Å². The molecule has 0 saturated carbocycles. The Labute approximate surface area is 160 Å². The molecule has 2 aromatic rings. The second-order valence-corrected chi connectivity index (χ2v) is 6.53. The molecule has 0 fully saturated rings. The van der Waals surface area contributed by atoms with Crippen LogP contribution in [0.1, 0.15) is 36.6 Å². The highest BCUT2D eigenvalue weighted by atomic mass is 35.5. The fourth-order valence-corrected chi connectivity index (χ4v) is 3.14. The van der Waals surface area contributed by atoms with Gasteiger partial charge in [-0.1, -0.05) is 35.3 Å². The van der Waals surface area contributed by atoms with Crippen LogP contribution in [0.15, 0.2) is 49.1 Å². The number of nitrogens with one attached hydrogen (secondary N) is 1. The van der Waals surface area contributed by atoms with Gasteiger partial charge in [0, 0.05) is 28.7 Å². The lowest BCUT2D eigenvalue weighted by Gasteiger charge is -2.09. The summed E-state index contributed by atoms with van der Waals surface area (Å²) in [5, 5.41) is 3.70. The van der Waals surface area contributed by atoms with Crippen molar-refractivity contribution < 1.29 is 14.4 Å². The predicted octanol–water partition coefficient (Wildman–Crippen LogP) is 3.71. The average Bonchev–Trinajstić information content (AvgIpc) is 2.85. The van der Waals surface area contributed by atoms with Crippen LogP contribution in [0.25, 0.3) is 0 Å². The van der Waals surface area contributed by atoms with Crippen molar-refractivity contribution in [3.05, 3.63) is 81.4 Å². The van der Waals surface area contributed by atoms with E-state index in [9.17, 15) is 14.4 Å². The van der Waals surface area contributed by atoms with Gasteiger partial charge in [0.25, 0.3) is 17.7 Å². The fraction of sp³-hybridized carbons (Fsp3) is 0.105. The molecule has 1 N–H and O–H groups in total. The Hall–Kier alpha value is -2.63. The number of imide groups is 1. The van der Waals surface area contributed by atoms with Gasteiger partial charge in [0.1, 0.15) is 0 Å².